The molecule has 0 saturated carbocycles. The molecule has 0 atom stereocenters. The predicted molar refractivity (Wildman–Crippen MR) is 68.4 cm³/mol. The van der Waals surface area contributed by atoms with E-state index in [1.807, 2.05) is 0 Å². The molecule has 0 aliphatic rings. The van der Waals surface area contributed by atoms with Crippen molar-refractivity contribution < 1.29 is 13.5 Å². The minimum Gasteiger partial charge on any atom is -0.395 e. The average Bonchev–Trinajstić information content (AvgIpc) is 2.53. The molecule has 1 heterocycles. The minimum atomic E-state index is -3.77. The first kappa shape index (κ1) is 14.7. The summed E-state index contributed by atoms with van der Waals surface area (Å²) >= 11 is 0. The molecule has 0 spiro atoms. The quantitative estimate of drug-likeness (QED) is 0.680. The van der Waals surface area contributed by atoms with Crippen LogP contribution >= 0.6 is 0 Å². The van der Waals surface area contributed by atoms with Crippen LogP contribution in [0.3, 0.4) is 0 Å². The highest BCUT2D eigenvalue weighted by Crippen LogP contribution is 2.24. The zero-order valence-electron chi connectivity index (χ0n) is 10.5. The van der Waals surface area contributed by atoms with Gasteiger partial charge in [0.05, 0.1) is 12.3 Å². The molecule has 0 aliphatic carbocycles. The molecule has 3 N–H and O–H groups in total. The van der Waals surface area contributed by atoms with E-state index in [0.717, 1.165) is 4.31 Å². The number of aromatic nitrogens is 2. The summed E-state index contributed by atoms with van der Waals surface area (Å²) in [5.74, 6) is -0.0398. The topological polar surface area (TPSA) is 101 Å². The summed E-state index contributed by atoms with van der Waals surface area (Å²) in [4.78, 5) is -0.0136. The van der Waals surface area contributed by atoms with Gasteiger partial charge in [-0.3, -0.25) is 4.68 Å². The number of rotatable bonds is 6. The normalized spacial score (nSPS) is 12.0. The molecule has 8 heteroatoms. The maximum Gasteiger partial charge on any atom is 0.248 e. The number of aliphatic hydroxyl groups is 1. The Kier molecular flexibility index (Phi) is 4.49. The van der Waals surface area contributed by atoms with Gasteiger partial charge >= 0.3 is 0 Å². The largest absolute Gasteiger partial charge is 0.395 e. The highest BCUT2D eigenvalue weighted by atomic mass is 32.2. The summed E-state index contributed by atoms with van der Waals surface area (Å²) < 4.78 is 27.3. The summed E-state index contributed by atoms with van der Waals surface area (Å²) in [5.41, 5.74) is 6.09. The lowest BCUT2D eigenvalue weighted by atomic mass is 10.5. The number of nitrogen functional groups attached to an aromatic ring is 1. The minimum absolute atomic E-state index is 0.0118. The standard InChI is InChI=1S/C10H18N4O3S/c1-4-5-14(6-7-15)18(16,17)9-8(2)13(3)12-10(9)11/h4,15H,1,5-7H2,2-3H3,(H2,11,12). The van der Waals surface area contributed by atoms with Gasteiger partial charge in [0.25, 0.3) is 0 Å². The molecule has 1 rings (SSSR count). The summed E-state index contributed by atoms with van der Waals surface area (Å²) in [6.45, 7) is 4.95. The second-order valence-corrected chi connectivity index (χ2v) is 5.67. The van der Waals surface area contributed by atoms with Crippen molar-refractivity contribution in [1.82, 2.24) is 14.1 Å². The summed E-state index contributed by atoms with van der Waals surface area (Å²) in [6.07, 6.45) is 1.45. The van der Waals surface area contributed by atoms with E-state index in [0.29, 0.717) is 5.69 Å². The first-order chi connectivity index (χ1) is 8.36. The van der Waals surface area contributed by atoms with Crippen LogP contribution in [0.1, 0.15) is 5.69 Å². The van der Waals surface area contributed by atoms with Crippen molar-refractivity contribution in [1.29, 1.82) is 0 Å². The smallest absolute Gasteiger partial charge is 0.248 e. The van der Waals surface area contributed by atoms with Gasteiger partial charge in [0.15, 0.2) is 5.82 Å². The Balaban J connectivity index is 3.30. The number of hydrogen-bond acceptors (Lipinski definition) is 5. The Bertz CT molecular complexity index is 536. The van der Waals surface area contributed by atoms with Gasteiger partial charge in [0, 0.05) is 20.1 Å². The third-order valence-electron chi connectivity index (χ3n) is 2.58. The van der Waals surface area contributed by atoms with Gasteiger partial charge < -0.3 is 10.8 Å². The van der Waals surface area contributed by atoms with E-state index in [-0.39, 0.29) is 30.4 Å². The van der Waals surface area contributed by atoms with Crippen molar-refractivity contribution in [2.75, 3.05) is 25.4 Å². The lowest BCUT2D eigenvalue weighted by Crippen LogP contribution is -2.34. The van der Waals surface area contributed by atoms with Crippen molar-refractivity contribution in [2.45, 2.75) is 11.8 Å². The van der Waals surface area contributed by atoms with E-state index in [4.69, 9.17) is 10.8 Å². The third kappa shape index (κ3) is 2.55. The van der Waals surface area contributed by atoms with Crippen LogP contribution in [0.5, 0.6) is 0 Å². The van der Waals surface area contributed by atoms with E-state index in [1.165, 1.54) is 10.8 Å². The van der Waals surface area contributed by atoms with Crippen molar-refractivity contribution in [2.24, 2.45) is 7.05 Å². The molecule has 0 saturated heterocycles. The number of hydrogen-bond donors (Lipinski definition) is 2. The summed E-state index contributed by atoms with van der Waals surface area (Å²) in [6, 6.07) is 0. The highest BCUT2D eigenvalue weighted by Gasteiger charge is 2.30. The second-order valence-electron chi connectivity index (χ2n) is 3.80. The molecule has 102 valence electrons. The molecule has 18 heavy (non-hydrogen) atoms. The fraction of sp³-hybridized carbons (Fsp3) is 0.500. The highest BCUT2D eigenvalue weighted by molar-refractivity contribution is 7.89. The van der Waals surface area contributed by atoms with Crippen molar-refractivity contribution in [3.05, 3.63) is 18.3 Å². The Labute approximate surface area is 107 Å². The molecular weight excluding hydrogens is 256 g/mol. The van der Waals surface area contributed by atoms with Crippen LogP contribution in [0.15, 0.2) is 17.6 Å². The number of nitrogens with zero attached hydrogens (tertiary/aromatic N) is 3. The zero-order chi connectivity index (χ0) is 13.9. The molecule has 1 aromatic rings. The SMILES string of the molecule is C=CCN(CCO)S(=O)(=O)c1c(N)nn(C)c1C. The maximum atomic E-state index is 12.4. The van der Waals surface area contributed by atoms with E-state index in [1.54, 1.807) is 14.0 Å². The maximum absolute atomic E-state index is 12.4. The van der Waals surface area contributed by atoms with Gasteiger partial charge in [0.1, 0.15) is 4.90 Å². The van der Waals surface area contributed by atoms with Gasteiger partial charge in [-0.05, 0) is 6.92 Å². The van der Waals surface area contributed by atoms with Crippen LogP contribution in [0.2, 0.25) is 0 Å². The third-order valence-corrected chi connectivity index (χ3v) is 4.62. The Morgan fingerprint density at radius 2 is 2.22 bits per heavy atom. The molecule has 0 aromatic carbocycles. The van der Waals surface area contributed by atoms with Crippen molar-refractivity contribution >= 4 is 15.8 Å². The average molecular weight is 274 g/mol. The number of sulfonamides is 1. The molecule has 0 amide bonds. The molecule has 0 fully saturated rings. The number of aryl methyl sites for hydroxylation is 1. The van der Waals surface area contributed by atoms with Crippen LogP contribution in [0.25, 0.3) is 0 Å². The van der Waals surface area contributed by atoms with Crippen molar-refractivity contribution in [3.8, 4) is 0 Å². The molecule has 0 unspecified atom stereocenters. The van der Waals surface area contributed by atoms with E-state index in [9.17, 15) is 8.42 Å². The van der Waals surface area contributed by atoms with Gasteiger partial charge in [-0.15, -0.1) is 6.58 Å². The predicted octanol–water partition coefficient (Wildman–Crippen LogP) is -0.520. The Morgan fingerprint density at radius 3 is 2.61 bits per heavy atom. The number of nitrogens with two attached hydrogens (primary N) is 1. The van der Waals surface area contributed by atoms with Crippen LogP contribution in [-0.4, -0.2) is 47.3 Å². The van der Waals surface area contributed by atoms with Crippen LogP contribution in [-0.2, 0) is 17.1 Å². The fourth-order valence-corrected chi connectivity index (χ4v) is 3.32. The molecule has 1 aromatic heterocycles. The zero-order valence-corrected chi connectivity index (χ0v) is 11.3. The molecule has 0 aliphatic heterocycles. The van der Waals surface area contributed by atoms with E-state index in [2.05, 4.69) is 11.7 Å². The Hall–Kier alpha value is -1.38. The van der Waals surface area contributed by atoms with E-state index < -0.39 is 10.0 Å². The molecular formula is C10H18N4O3S. The first-order valence-corrected chi connectivity index (χ1v) is 6.81. The van der Waals surface area contributed by atoms with E-state index >= 15 is 0 Å². The molecule has 0 bridgehead atoms. The molecule has 0 radical (unpaired) electrons. The summed E-state index contributed by atoms with van der Waals surface area (Å²) in [7, 11) is -2.15. The van der Waals surface area contributed by atoms with Gasteiger partial charge in [-0.25, -0.2) is 8.42 Å². The van der Waals surface area contributed by atoms with Crippen LogP contribution in [0, 0.1) is 6.92 Å². The summed E-state index contributed by atoms with van der Waals surface area (Å²) in [5, 5.41) is 12.8. The van der Waals surface area contributed by atoms with Crippen LogP contribution < -0.4 is 5.73 Å². The number of aliphatic hydroxyl groups excluding tert-OH is 1. The van der Waals surface area contributed by atoms with Crippen molar-refractivity contribution in [3.63, 3.8) is 0 Å². The number of anilines is 1. The first-order valence-electron chi connectivity index (χ1n) is 5.37. The van der Waals surface area contributed by atoms with Gasteiger partial charge in [-0.2, -0.15) is 9.40 Å². The second kappa shape index (κ2) is 5.51. The lowest BCUT2D eigenvalue weighted by molar-refractivity contribution is 0.260. The van der Waals surface area contributed by atoms with Gasteiger partial charge in [-0.1, -0.05) is 6.08 Å². The van der Waals surface area contributed by atoms with Crippen LogP contribution in [0.4, 0.5) is 5.82 Å². The fourth-order valence-electron chi connectivity index (χ4n) is 1.63. The monoisotopic (exact) mass is 274 g/mol. The lowest BCUT2D eigenvalue weighted by Gasteiger charge is -2.19. The molecule has 7 nitrogen and oxygen atoms in total. The Morgan fingerprint density at radius 1 is 1.61 bits per heavy atom. The van der Waals surface area contributed by atoms with Gasteiger partial charge in [0.2, 0.25) is 10.0 Å².